The van der Waals surface area contributed by atoms with Crippen LogP contribution in [0, 0.1) is 0 Å². The van der Waals surface area contributed by atoms with Crippen LogP contribution in [0.1, 0.15) is 11.1 Å². The highest BCUT2D eigenvalue weighted by atomic mass is 35.5. The fraction of sp³-hybridized carbons (Fsp3) is 0. The zero-order valence-electron chi connectivity index (χ0n) is 11.0. The van der Waals surface area contributed by atoms with Crippen molar-refractivity contribution in [3.63, 3.8) is 0 Å². The van der Waals surface area contributed by atoms with Crippen molar-refractivity contribution in [1.29, 1.82) is 0 Å². The SMILES string of the molecule is Cl.NC(N)=N/N=C(\c1ccccc1)c1cc(Cl)ccc1N. The van der Waals surface area contributed by atoms with Crippen LogP contribution in [0.2, 0.25) is 5.02 Å². The van der Waals surface area contributed by atoms with Crippen LogP contribution in [0.5, 0.6) is 0 Å². The van der Waals surface area contributed by atoms with Crippen molar-refractivity contribution in [3.8, 4) is 0 Å². The topological polar surface area (TPSA) is 103 Å². The summed E-state index contributed by atoms with van der Waals surface area (Å²) in [4.78, 5) is 0. The van der Waals surface area contributed by atoms with Crippen molar-refractivity contribution in [2.75, 3.05) is 5.73 Å². The number of halogens is 2. The van der Waals surface area contributed by atoms with E-state index in [1.165, 1.54) is 0 Å². The lowest BCUT2D eigenvalue weighted by Crippen LogP contribution is -2.22. The summed E-state index contributed by atoms with van der Waals surface area (Å²) in [7, 11) is 0. The van der Waals surface area contributed by atoms with Gasteiger partial charge in [-0.3, -0.25) is 0 Å². The Hall–Kier alpha value is -2.24. The molecule has 0 aromatic heterocycles. The van der Waals surface area contributed by atoms with Crippen LogP contribution in [-0.4, -0.2) is 11.7 Å². The van der Waals surface area contributed by atoms with Gasteiger partial charge in [0.1, 0.15) is 5.71 Å². The molecule has 2 aromatic carbocycles. The summed E-state index contributed by atoms with van der Waals surface area (Å²) in [5, 5.41) is 8.35. The van der Waals surface area contributed by atoms with Crippen molar-refractivity contribution in [1.82, 2.24) is 0 Å². The first kappa shape index (κ1) is 16.8. The molecule has 0 atom stereocenters. The molecular weight excluding hydrogens is 309 g/mol. The van der Waals surface area contributed by atoms with E-state index >= 15 is 0 Å². The fourth-order valence-electron chi connectivity index (χ4n) is 1.70. The molecule has 0 fully saturated rings. The monoisotopic (exact) mass is 323 g/mol. The second kappa shape index (κ2) is 7.52. The minimum atomic E-state index is -0.126. The van der Waals surface area contributed by atoms with Crippen LogP contribution in [0.3, 0.4) is 0 Å². The molecule has 0 saturated carbocycles. The third-order valence-electron chi connectivity index (χ3n) is 2.58. The molecule has 0 aliphatic heterocycles. The Labute approximate surface area is 133 Å². The van der Waals surface area contributed by atoms with Gasteiger partial charge in [-0.25, -0.2) is 0 Å². The molecule has 110 valence electrons. The zero-order valence-corrected chi connectivity index (χ0v) is 12.6. The Balaban J connectivity index is 0.00000220. The third kappa shape index (κ3) is 4.37. The largest absolute Gasteiger partial charge is 0.398 e. The van der Waals surface area contributed by atoms with E-state index in [4.69, 9.17) is 28.8 Å². The summed E-state index contributed by atoms with van der Waals surface area (Å²) in [6.07, 6.45) is 0. The van der Waals surface area contributed by atoms with Crippen molar-refractivity contribution in [2.24, 2.45) is 21.7 Å². The highest BCUT2D eigenvalue weighted by molar-refractivity contribution is 6.31. The number of rotatable bonds is 3. The van der Waals surface area contributed by atoms with E-state index in [0.717, 1.165) is 5.56 Å². The van der Waals surface area contributed by atoms with Gasteiger partial charge in [0.2, 0.25) is 5.96 Å². The molecule has 0 bridgehead atoms. The first-order chi connectivity index (χ1) is 9.58. The second-order valence-electron chi connectivity index (χ2n) is 4.07. The maximum Gasteiger partial charge on any atom is 0.211 e. The van der Waals surface area contributed by atoms with E-state index in [2.05, 4.69) is 10.2 Å². The second-order valence-corrected chi connectivity index (χ2v) is 4.51. The van der Waals surface area contributed by atoms with E-state index in [0.29, 0.717) is 22.0 Å². The molecule has 0 aliphatic carbocycles. The van der Waals surface area contributed by atoms with E-state index in [1.54, 1.807) is 18.2 Å². The molecule has 2 rings (SSSR count). The predicted octanol–water partition coefficient (Wildman–Crippen LogP) is 2.37. The molecule has 0 radical (unpaired) electrons. The van der Waals surface area contributed by atoms with E-state index < -0.39 is 0 Å². The van der Waals surface area contributed by atoms with Gasteiger partial charge in [-0.2, -0.15) is 0 Å². The molecule has 0 heterocycles. The van der Waals surface area contributed by atoms with Crippen LogP contribution >= 0.6 is 24.0 Å². The lowest BCUT2D eigenvalue weighted by molar-refractivity contribution is 1.20. The zero-order chi connectivity index (χ0) is 14.5. The summed E-state index contributed by atoms with van der Waals surface area (Å²) in [6, 6.07) is 14.6. The smallest absolute Gasteiger partial charge is 0.211 e. The summed E-state index contributed by atoms with van der Waals surface area (Å²) < 4.78 is 0. The number of hydrogen-bond donors (Lipinski definition) is 3. The average molecular weight is 324 g/mol. The minimum Gasteiger partial charge on any atom is -0.398 e. The van der Waals surface area contributed by atoms with Gasteiger partial charge in [-0.15, -0.1) is 22.6 Å². The average Bonchev–Trinajstić information content (AvgIpc) is 2.43. The number of anilines is 1. The standard InChI is InChI=1S/C14H14ClN5.ClH/c15-10-6-7-12(16)11(8-10)13(19-20-14(17)18)9-4-2-1-3-5-9;/h1-8H,16H2,(H4,17,18,20);1H/b19-13+;. The van der Waals surface area contributed by atoms with E-state index in [1.807, 2.05) is 30.3 Å². The molecule has 0 unspecified atom stereocenters. The molecule has 7 heteroatoms. The minimum absolute atomic E-state index is 0. The molecule has 5 nitrogen and oxygen atoms in total. The van der Waals surface area contributed by atoms with Crippen LogP contribution in [0.15, 0.2) is 58.7 Å². The third-order valence-corrected chi connectivity index (χ3v) is 2.82. The Kier molecular flexibility index (Phi) is 6.02. The lowest BCUT2D eigenvalue weighted by Gasteiger charge is -2.09. The summed E-state index contributed by atoms with van der Waals surface area (Å²) in [5.41, 5.74) is 19.3. The molecule has 2 aromatic rings. The van der Waals surface area contributed by atoms with Crippen molar-refractivity contribution < 1.29 is 0 Å². The van der Waals surface area contributed by atoms with Gasteiger partial charge in [0.15, 0.2) is 0 Å². The predicted molar refractivity (Wildman–Crippen MR) is 91.0 cm³/mol. The number of nitrogen functional groups attached to an aromatic ring is 1. The number of nitrogens with zero attached hydrogens (tertiary/aromatic N) is 2. The Morgan fingerprint density at radius 2 is 1.62 bits per heavy atom. The number of hydrogen-bond acceptors (Lipinski definition) is 3. The molecule has 6 N–H and O–H groups in total. The lowest BCUT2D eigenvalue weighted by atomic mass is 10.0. The van der Waals surface area contributed by atoms with Crippen LogP contribution in [0.4, 0.5) is 5.69 Å². The number of benzene rings is 2. The van der Waals surface area contributed by atoms with Gasteiger partial charge in [0.25, 0.3) is 0 Å². The summed E-state index contributed by atoms with van der Waals surface area (Å²) in [6.45, 7) is 0. The van der Waals surface area contributed by atoms with E-state index in [-0.39, 0.29) is 18.4 Å². The molecule has 0 spiro atoms. The first-order valence-electron chi connectivity index (χ1n) is 5.85. The summed E-state index contributed by atoms with van der Waals surface area (Å²) >= 11 is 6.02. The first-order valence-corrected chi connectivity index (χ1v) is 6.23. The van der Waals surface area contributed by atoms with Crippen molar-refractivity contribution in [2.45, 2.75) is 0 Å². The van der Waals surface area contributed by atoms with Crippen molar-refractivity contribution in [3.05, 3.63) is 64.7 Å². The molecule has 0 saturated heterocycles. The fourth-order valence-corrected chi connectivity index (χ4v) is 1.88. The van der Waals surface area contributed by atoms with Gasteiger partial charge >= 0.3 is 0 Å². The molecular formula is C14H15Cl2N5. The number of nitrogens with two attached hydrogens (primary N) is 3. The van der Waals surface area contributed by atoms with Crippen molar-refractivity contribution >= 4 is 41.4 Å². The molecule has 0 amide bonds. The summed E-state index contributed by atoms with van der Waals surface area (Å²) in [5.74, 6) is -0.126. The Morgan fingerprint density at radius 3 is 2.24 bits per heavy atom. The molecule has 0 aliphatic rings. The maximum absolute atomic E-state index is 6.02. The molecule has 21 heavy (non-hydrogen) atoms. The van der Waals surface area contributed by atoms with Crippen LogP contribution in [-0.2, 0) is 0 Å². The van der Waals surface area contributed by atoms with Gasteiger partial charge in [-0.1, -0.05) is 41.9 Å². The Morgan fingerprint density at radius 1 is 0.952 bits per heavy atom. The quantitative estimate of drug-likeness (QED) is 0.349. The Bertz CT molecular complexity index is 664. The van der Waals surface area contributed by atoms with Crippen LogP contribution in [0.25, 0.3) is 0 Å². The van der Waals surface area contributed by atoms with Gasteiger partial charge in [-0.05, 0) is 18.2 Å². The van der Waals surface area contributed by atoms with E-state index in [9.17, 15) is 0 Å². The van der Waals surface area contributed by atoms with Gasteiger partial charge in [0, 0.05) is 21.8 Å². The van der Waals surface area contributed by atoms with Gasteiger partial charge in [0.05, 0.1) is 0 Å². The highest BCUT2D eigenvalue weighted by Gasteiger charge is 2.11. The highest BCUT2D eigenvalue weighted by Crippen LogP contribution is 2.22. The normalized spacial score (nSPS) is 10.6. The number of guanidine groups is 1. The maximum atomic E-state index is 6.02. The van der Waals surface area contributed by atoms with Gasteiger partial charge < -0.3 is 17.2 Å². The van der Waals surface area contributed by atoms with Crippen LogP contribution < -0.4 is 17.2 Å².